The Morgan fingerprint density at radius 1 is 0.418 bits per heavy atom. The van der Waals surface area contributed by atoms with Crippen LogP contribution < -0.4 is 0 Å². The fourth-order valence-electron chi connectivity index (χ4n) is 4.69. The summed E-state index contributed by atoms with van der Waals surface area (Å²) in [6, 6.07) is 0. The van der Waals surface area contributed by atoms with Crippen molar-refractivity contribution in [3.63, 3.8) is 0 Å². The highest BCUT2D eigenvalue weighted by Crippen LogP contribution is 2.09. The number of carbonyl (C=O) groups excluding carboxylic acids is 2. The molecule has 0 aromatic carbocycles. The van der Waals surface area contributed by atoms with E-state index in [0.717, 1.165) is 39.0 Å². The molecule has 0 unspecified atom stereocenters. The van der Waals surface area contributed by atoms with E-state index in [0.29, 0.717) is 62.4 Å². The summed E-state index contributed by atoms with van der Waals surface area (Å²) >= 11 is 0. The molecule has 0 bridgehead atoms. The van der Waals surface area contributed by atoms with Crippen molar-refractivity contribution in [2.24, 2.45) is 0 Å². The van der Waals surface area contributed by atoms with Crippen molar-refractivity contribution in [1.82, 2.24) is 19.6 Å². The number of amides is 2. The molecule has 304 valence electrons. The normalized spacial score (nSPS) is 16.1. The molecule has 2 amide bonds. The van der Waals surface area contributed by atoms with Crippen LogP contribution in [0.3, 0.4) is 0 Å². The van der Waals surface area contributed by atoms with Gasteiger partial charge in [-0.05, 0) is 64.7 Å². The Hall–Kier alpha value is -6.02. The van der Waals surface area contributed by atoms with E-state index in [1.54, 1.807) is 0 Å². The molecule has 4 fully saturated rings. The number of carboxylic acid groups (broad SMARTS) is 6. The second-order valence-electron chi connectivity index (χ2n) is 11.5. The van der Waals surface area contributed by atoms with E-state index in [-0.39, 0.29) is 17.3 Å². The molecule has 8 N–H and O–H groups in total. The smallest absolute Gasteiger partial charge is 0.328 e. The van der Waals surface area contributed by atoms with Gasteiger partial charge in [0.05, 0.1) is 26.2 Å². The highest BCUT2D eigenvalue weighted by molar-refractivity contribution is 5.90. The molecule has 4 rings (SSSR count). The van der Waals surface area contributed by atoms with Gasteiger partial charge in [-0.3, -0.25) is 19.4 Å². The Balaban J connectivity index is 0. The molecule has 19 heteroatoms. The molecule has 4 saturated heterocycles. The Morgan fingerprint density at radius 3 is 0.855 bits per heavy atom. The van der Waals surface area contributed by atoms with E-state index in [4.69, 9.17) is 30.6 Å². The van der Waals surface area contributed by atoms with Crippen LogP contribution >= 0.6 is 0 Å². The number of nitrogens with zero attached hydrogens (tertiary/aromatic N) is 4. The number of hydrogen-bond acceptors (Lipinski definition) is 10. The van der Waals surface area contributed by atoms with Crippen LogP contribution in [0.25, 0.3) is 0 Å². The monoisotopic (exact) mass is 778 g/mol. The standard InChI is InChI=1S/2C12H18N2O.3C4H4O4.H2O/c2*15-12-6-5-11-14(12)10-4-3-9-13-7-1-2-8-13;3*5-3(6)1-2-4(7)8;/h2*1-2,5-11H2;3*1-2H,(H,5,6)(H,7,8);1H2. The van der Waals surface area contributed by atoms with E-state index in [1.165, 1.54) is 51.9 Å². The van der Waals surface area contributed by atoms with Crippen LogP contribution in [0.4, 0.5) is 0 Å². The molecule has 0 aromatic rings. The van der Waals surface area contributed by atoms with E-state index in [1.807, 2.05) is 9.80 Å². The minimum Gasteiger partial charge on any atom is -0.478 e. The molecule has 0 spiro atoms. The number of likely N-dealkylation sites (tertiary alicyclic amines) is 4. The maximum absolute atomic E-state index is 11.3. The van der Waals surface area contributed by atoms with Crippen LogP contribution in [-0.4, -0.2) is 169 Å². The van der Waals surface area contributed by atoms with Crippen LogP contribution in [0.2, 0.25) is 0 Å². The predicted octanol–water partition coefficient (Wildman–Crippen LogP) is -0.273. The van der Waals surface area contributed by atoms with Gasteiger partial charge in [0.25, 0.3) is 0 Å². The molecule has 0 aliphatic carbocycles. The summed E-state index contributed by atoms with van der Waals surface area (Å²) in [7, 11) is 0. The number of aliphatic carboxylic acids is 6. The van der Waals surface area contributed by atoms with Crippen LogP contribution in [0.1, 0.15) is 51.4 Å². The van der Waals surface area contributed by atoms with Crippen LogP contribution in [0.15, 0.2) is 36.5 Å². The molecule has 4 heterocycles. The van der Waals surface area contributed by atoms with Crippen molar-refractivity contribution in [3.8, 4) is 23.7 Å². The Kier molecular flexibility index (Phi) is 29.3. The average molecular weight is 779 g/mol. The number of carbonyl (C=O) groups is 8. The van der Waals surface area contributed by atoms with Crippen molar-refractivity contribution in [2.75, 3.05) is 65.4 Å². The predicted molar refractivity (Wildman–Crippen MR) is 195 cm³/mol. The van der Waals surface area contributed by atoms with Gasteiger partial charge in [0, 0.05) is 62.4 Å². The summed E-state index contributed by atoms with van der Waals surface area (Å²) in [5, 5.41) is 46.9. The van der Waals surface area contributed by atoms with Crippen LogP contribution in [-0.2, 0) is 38.4 Å². The van der Waals surface area contributed by atoms with Gasteiger partial charge >= 0.3 is 35.8 Å². The molecular weight excluding hydrogens is 728 g/mol. The topological polar surface area (TPSA) is 302 Å². The third kappa shape index (κ3) is 31.2. The molecule has 0 atom stereocenters. The SMILES string of the molecule is O.O=C(O)C=CC(=O)O.O=C(O)C=CC(=O)O.O=C(O)C=CC(=O)O.O=C1CCCN1CC#CCN1CCCC1.O=C1CCCN1CC#CCN1CCCC1. The lowest BCUT2D eigenvalue weighted by atomic mass is 10.4. The highest BCUT2D eigenvalue weighted by atomic mass is 16.4. The minimum atomic E-state index is -1.26. The fraction of sp³-hybridized carbons (Fsp3) is 0.500. The summed E-state index contributed by atoms with van der Waals surface area (Å²) in [6.07, 6.45) is 12.0. The number of carboxylic acids is 6. The first-order valence-corrected chi connectivity index (χ1v) is 16.9. The van der Waals surface area contributed by atoms with Crippen molar-refractivity contribution in [2.45, 2.75) is 51.4 Å². The molecule has 4 aliphatic heterocycles. The van der Waals surface area contributed by atoms with Crippen molar-refractivity contribution in [1.29, 1.82) is 0 Å². The molecule has 0 saturated carbocycles. The maximum Gasteiger partial charge on any atom is 0.328 e. The first-order valence-electron chi connectivity index (χ1n) is 16.9. The lowest BCUT2D eigenvalue weighted by Crippen LogP contribution is -2.25. The molecule has 19 nitrogen and oxygen atoms in total. The Labute approximate surface area is 318 Å². The van der Waals surface area contributed by atoms with Gasteiger partial charge in [0.1, 0.15) is 0 Å². The lowest BCUT2D eigenvalue weighted by molar-refractivity contribution is -0.134. The second kappa shape index (κ2) is 31.5. The van der Waals surface area contributed by atoms with Crippen molar-refractivity contribution < 1.29 is 74.5 Å². The summed E-state index contributed by atoms with van der Waals surface area (Å²) in [4.78, 5) is 88.3. The lowest BCUT2D eigenvalue weighted by Gasteiger charge is -2.11. The summed E-state index contributed by atoms with van der Waals surface area (Å²) in [5.41, 5.74) is 0. The molecule has 4 aliphatic rings. The van der Waals surface area contributed by atoms with Gasteiger partial charge in [0.15, 0.2) is 0 Å². The number of rotatable bonds is 10. The first-order chi connectivity index (χ1) is 25.6. The zero-order chi connectivity index (χ0) is 40.7. The van der Waals surface area contributed by atoms with Gasteiger partial charge in [-0.15, -0.1) is 0 Å². The first kappa shape index (κ1) is 51.1. The van der Waals surface area contributed by atoms with E-state index in [9.17, 15) is 38.4 Å². The van der Waals surface area contributed by atoms with E-state index < -0.39 is 35.8 Å². The van der Waals surface area contributed by atoms with Gasteiger partial charge in [0.2, 0.25) is 11.8 Å². The summed E-state index contributed by atoms with van der Waals surface area (Å²) in [6.45, 7) is 9.58. The van der Waals surface area contributed by atoms with Crippen molar-refractivity contribution in [3.05, 3.63) is 36.5 Å². The molecular formula is C36H50N4O15. The molecule has 55 heavy (non-hydrogen) atoms. The summed E-state index contributed by atoms with van der Waals surface area (Å²) < 4.78 is 0. The third-order valence-electron chi connectivity index (χ3n) is 7.24. The van der Waals surface area contributed by atoms with Gasteiger partial charge in [-0.2, -0.15) is 0 Å². The van der Waals surface area contributed by atoms with E-state index in [2.05, 4.69) is 33.5 Å². The quantitative estimate of drug-likeness (QED) is 0.123. The van der Waals surface area contributed by atoms with E-state index >= 15 is 0 Å². The molecule has 0 radical (unpaired) electrons. The largest absolute Gasteiger partial charge is 0.478 e. The van der Waals surface area contributed by atoms with Crippen LogP contribution in [0, 0.1) is 23.7 Å². The van der Waals surface area contributed by atoms with Gasteiger partial charge < -0.3 is 45.9 Å². The number of hydrogen-bond donors (Lipinski definition) is 6. The average Bonchev–Trinajstić information content (AvgIpc) is 3.95. The fourth-order valence-corrected chi connectivity index (χ4v) is 4.69. The van der Waals surface area contributed by atoms with Gasteiger partial charge in [-0.25, -0.2) is 28.8 Å². The minimum absolute atomic E-state index is 0. The van der Waals surface area contributed by atoms with Gasteiger partial charge in [-0.1, -0.05) is 23.7 Å². The Bertz CT molecular complexity index is 1300. The Morgan fingerprint density at radius 2 is 0.655 bits per heavy atom. The van der Waals surface area contributed by atoms with Crippen LogP contribution in [0.5, 0.6) is 0 Å². The maximum atomic E-state index is 11.3. The molecule has 0 aromatic heterocycles. The summed E-state index contributed by atoms with van der Waals surface area (Å²) in [5.74, 6) is 5.51. The van der Waals surface area contributed by atoms with Crippen molar-refractivity contribution >= 4 is 47.6 Å². The highest BCUT2D eigenvalue weighted by Gasteiger charge is 2.19. The second-order valence-corrected chi connectivity index (χ2v) is 11.5. The zero-order valence-electron chi connectivity index (χ0n) is 30.4. The third-order valence-corrected chi connectivity index (χ3v) is 7.24. The zero-order valence-corrected chi connectivity index (χ0v) is 30.4.